The lowest BCUT2D eigenvalue weighted by molar-refractivity contribution is -0.292. The third kappa shape index (κ3) is 6.89. The van der Waals surface area contributed by atoms with Gasteiger partial charge in [0.05, 0.1) is 17.7 Å². The maximum Gasteiger partial charge on any atom is 0.338 e. The van der Waals surface area contributed by atoms with E-state index in [0.29, 0.717) is 11.1 Å². The van der Waals surface area contributed by atoms with Gasteiger partial charge in [0, 0.05) is 7.11 Å². The summed E-state index contributed by atoms with van der Waals surface area (Å²) in [5, 5.41) is 0. The van der Waals surface area contributed by atoms with E-state index in [1.54, 1.807) is 48.5 Å². The van der Waals surface area contributed by atoms with Crippen LogP contribution >= 0.6 is 0 Å². The highest BCUT2D eigenvalue weighted by Crippen LogP contribution is 2.47. The van der Waals surface area contributed by atoms with E-state index in [1.165, 1.54) is 7.11 Å². The molecule has 2 saturated heterocycles. The van der Waals surface area contributed by atoms with Gasteiger partial charge in [-0.25, -0.2) is 9.59 Å². The summed E-state index contributed by atoms with van der Waals surface area (Å²) in [6.45, 7) is 17.2. The summed E-state index contributed by atoms with van der Waals surface area (Å²) in [6, 6.07) is 17.3. The lowest BCUT2D eigenvalue weighted by atomic mass is 9.98. The van der Waals surface area contributed by atoms with E-state index in [0.717, 1.165) is 0 Å². The molecule has 2 aromatic rings. The minimum Gasteiger partial charge on any atom is -0.452 e. The number of hydrogen-bond donors (Lipinski definition) is 0. The van der Waals surface area contributed by atoms with Crippen LogP contribution in [0.25, 0.3) is 0 Å². The van der Waals surface area contributed by atoms with Crippen LogP contribution in [0.5, 0.6) is 0 Å². The van der Waals surface area contributed by atoms with E-state index in [2.05, 4.69) is 55.4 Å². The van der Waals surface area contributed by atoms with Crippen LogP contribution in [0.4, 0.5) is 0 Å². The van der Waals surface area contributed by atoms with Crippen LogP contribution in [0.2, 0.25) is 22.2 Å². The number of carbonyl (C=O) groups is 2. The maximum atomic E-state index is 13.6. The summed E-state index contributed by atoms with van der Waals surface area (Å²) in [5.41, 5.74) is 1.02. The second kappa shape index (κ2) is 14.4. The predicted molar refractivity (Wildman–Crippen MR) is 171 cm³/mol. The van der Waals surface area contributed by atoms with Crippen LogP contribution in [0.15, 0.2) is 60.7 Å². The van der Waals surface area contributed by atoms with Crippen molar-refractivity contribution < 1.29 is 41.5 Å². The molecule has 2 aromatic carbocycles. The molecule has 0 N–H and O–H groups in total. The molecule has 242 valence electrons. The maximum absolute atomic E-state index is 13.6. The Balaban J connectivity index is 1.83. The van der Waals surface area contributed by atoms with Gasteiger partial charge >= 0.3 is 29.1 Å². The van der Waals surface area contributed by atoms with Crippen molar-refractivity contribution in [3.8, 4) is 0 Å². The van der Waals surface area contributed by atoms with E-state index in [4.69, 9.17) is 31.9 Å². The molecular weight excluding hydrogens is 597 g/mol. The van der Waals surface area contributed by atoms with Crippen LogP contribution in [0.1, 0.15) is 76.1 Å². The van der Waals surface area contributed by atoms with Gasteiger partial charge in [0.15, 0.2) is 18.5 Å². The van der Waals surface area contributed by atoms with E-state index in [-0.39, 0.29) is 28.8 Å². The lowest BCUT2D eigenvalue weighted by Gasteiger charge is -2.55. The van der Waals surface area contributed by atoms with Gasteiger partial charge < -0.3 is 31.9 Å². The fourth-order valence-electron chi connectivity index (χ4n) is 6.27. The van der Waals surface area contributed by atoms with Gasteiger partial charge in [-0.3, -0.25) is 0 Å². The average molecular weight is 645 g/mol. The first-order valence-corrected chi connectivity index (χ1v) is 19.5. The van der Waals surface area contributed by atoms with Crippen molar-refractivity contribution in [1.82, 2.24) is 0 Å². The molecule has 4 rings (SSSR count). The molecule has 0 bridgehead atoms. The minimum atomic E-state index is -3.14. The molecule has 9 nitrogen and oxygen atoms in total. The number of rotatable bonds is 9. The molecule has 0 amide bonds. The van der Waals surface area contributed by atoms with Crippen LogP contribution < -0.4 is 0 Å². The number of benzene rings is 2. The van der Waals surface area contributed by atoms with Crippen molar-refractivity contribution >= 4 is 29.1 Å². The summed E-state index contributed by atoms with van der Waals surface area (Å²) < 4.78 is 46.0. The minimum absolute atomic E-state index is 0.0187. The first-order valence-electron chi connectivity index (χ1n) is 15.6. The topological polar surface area (TPSA) is 98.8 Å². The zero-order chi connectivity index (χ0) is 32.2. The Morgan fingerprint density at radius 1 is 0.705 bits per heavy atom. The normalized spacial score (nSPS) is 26.6. The fraction of sp³-hybridized carbons (Fsp3) is 0.576. The number of esters is 2. The molecular formula is C33H48O9Si2. The molecule has 2 heterocycles. The molecule has 0 aliphatic carbocycles. The van der Waals surface area contributed by atoms with E-state index in [9.17, 15) is 9.59 Å². The standard InChI is InChI=1S/C33H48O9Si2/c1-21(2)43(22(3)4)37-20-27-28(41-44(42-43,23(5)6)24(7)8)29(39-31(34)25-16-12-10-13-17-25)30(33(36-9)38-27)40-32(35)26-18-14-11-15-19-26/h10-19,21-24,27-30,33H,20H2,1-9H3/t27-,28+,29+,30-,33+/m1/s1. The van der Waals surface area contributed by atoms with Gasteiger partial charge in [-0.05, 0) is 46.4 Å². The Hall–Kier alpha value is -2.39. The molecule has 0 radical (unpaired) electrons. The lowest BCUT2D eigenvalue weighted by Crippen LogP contribution is -2.71. The Kier molecular flexibility index (Phi) is 11.3. The van der Waals surface area contributed by atoms with E-state index >= 15 is 0 Å². The van der Waals surface area contributed by atoms with Gasteiger partial charge in [-0.15, -0.1) is 0 Å². The first kappa shape index (κ1) is 34.5. The van der Waals surface area contributed by atoms with Crippen molar-refractivity contribution in [1.29, 1.82) is 0 Å². The van der Waals surface area contributed by atoms with E-state index in [1.807, 2.05) is 12.1 Å². The fourth-order valence-corrected chi connectivity index (χ4v) is 17.5. The Morgan fingerprint density at radius 3 is 1.59 bits per heavy atom. The van der Waals surface area contributed by atoms with Crippen molar-refractivity contribution in [2.45, 2.75) is 108 Å². The molecule has 0 spiro atoms. The zero-order valence-electron chi connectivity index (χ0n) is 27.4. The van der Waals surface area contributed by atoms with Crippen LogP contribution in [-0.2, 0) is 31.9 Å². The number of methoxy groups -OCH3 is 1. The highest BCUT2D eigenvalue weighted by Gasteiger charge is 2.62. The summed E-state index contributed by atoms with van der Waals surface area (Å²) in [7, 11) is -4.53. The molecule has 2 fully saturated rings. The molecule has 2 aliphatic heterocycles. The highest BCUT2D eigenvalue weighted by molar-refractivity contribution is 6.84. The Morgan fingerprint density at radius 2 is 1.16 bits per heavy atom. The third-order valence-electron chi connectivity index (χ3n) is 8.66. The molecule has 0 saturated carbocycles. The second-order valence-electron chi connectivity index (χ2n) is 12.8. The average Bonchev–Trinajstić information content (AvgIpc) is 2.99. The van der Waals surface area contributed by atoms with Gasteiger partial charge in [0.25, 0.3) is 0 Å². The summed E-state index contributed by atoms with van der Waals surface area (Å²) in [5.74, 6) is -1.17. The summed E-state index contributed by atoms with van der Waals surface area (Å²) in [6.07, 6.45) is -4.80. The number of fused-ring (bicyclic) bond motifs is 1. The highest BCUT2D eigenvalue weighted by atomic mass is 28.5. The van der Waals surface area contributed by atoms with Gasteiger partial charge in [-0.1, -0.05) is 91.8 Å². The molecule has 0 unspecified atom stereocenters. The number of hydrogen-bond acceptors (Lipinski definition) is 9. The van der Waals surface area contributed by atoms with Crippen LogP contribution in [0, 0.1) is 0 Å². The van der Waals surface area contributed by atoms with Crippen molar-refractivity contribution in [2.24, 2.45) is 0 Å². The molecule has 11 heteroatoms. The van der Waals surface area contributed by atoms with Gasteiger partial charge in [0.2, 0.25) is 0 Å². The zero-order valence-corrected chi connectivity index (χ0v) is 29.4. The van der Waals surface area contributed by atoms with Crippen molar-refractivity contribution in [3.05, 3.63) is 71.8 Å². The van der Waals surface area contributed by atoms with E-state index < -0.39 is 59.8 Å². The molecule has 0 aromatic heterocycles. The quantitative estimate of drug-likeness (QED) is 0.216. The monoisotopic (exact) mass is 644 g/mol. The number of ether oxygens (including phenoxy) is 4. The predicted octanol–water partition coefficient (Wildman–Crippen LogP) is 6.77. The third-order valence-corrected chi connectivity index (χ3v) is 18.9. The molecule has 44 heavy (non-hydrogen) atoms. The second-order valence-corrected chi connectivity index (χ2v) is 21.7. The SMILES string of the molecule is CO[C@H]1O[C@@H]2CO[Si](C(C)C)(C(C)C)O[Si](C(C)C)(C(C)C)O[C@@H]2[C@H](OC(=O)c2ccccc2)[C@H]1OC(=O)c1ccccc1. The molecule has 2 aliphatic rings. The van der Waals surface area contributed by atoms with Crippen molar-refractivity contribution in [2.75, 3.05) is 13.7 Å². The Bertz CT molecular complexity index is 1220. The largest absolute Gasteiger partial charge is 0.452 e. The van der Waals surface area contributed by atoms with Crippen LogP contribution in [0.3, 0.4) is 0 Å². The summed E-state index contributed by atoms with van der Waals surface area (Å²) in [4.78, 5) is 27.0. The summed E-state index contributed by atoms with van der Waals surface area (Å²) >= 11 is 0. The van der Waals surface area contributed by atoms with Gasteiger partial charge in [-0.2, -0.15) is 0 Å². The van der Waals surface area contributed by atoms with Gasteiger partial charge in [0.1, 0.15) is 12.2 Å². The van der Waals surface area contributed by atoms with Crippen molar-refractivity contribution in [3.63, 3.8) is 0 Å². The number of carbonyl (C=O) groups excluding carboxylic acids is 2. The van der Waals surface area contributed by atoms with Crippen LogP contribution in [-0.4, -0.2) is 73.5 Å². The smallest absolute Gasteiger partial charge is 0.338 e. The Labute approximate surface area is 264 Å². The molecule has 5 atom stereocenters. The first-order chi connectivity index (χ1) is 20.9.